The van der Waals surface area contributed by atoms with Crippen LogP contribution in [-0.2, 0) is 11.3 Å². The van der Waals surface area contributed by atoms with Gasteiger partial charge in [0.15, 0.2) is 0 Å². The highest BCUT2D eigenvalue weighted by Gasteiger charge is 2.43. The van der Waals surface area contributed by atoms with Crippen LogP contribution in [0.25, 0.3) is 0 Å². The summed E-state index contributed by atoms with van der Waals surface area (Å²) >= 11 is 0. The zero-order chi connectivity index (χ0) is 15.1. The van der Waals surface area contributed by atoms with E-state index in [9.17, 15) is 19.2 Å². The number of nitrogens with zero attached hydrogens (tertiary/aromatic N) is 2. The summed E-state index contributed by atoms with van der Waals surface area (Å²) in [6, 6.07) is 4.03. The van der Waals surface area contributed by atoms with Crippen LogP contribution in [0, 0.1) is 0 Å². The first-order chi connectivity index (χ1) is 10.0. The smallest absolute Gasteiger partial charge is 0.326 e. The molecule has 0 radical (unpaired) electrons. The molecule has 8 heteroatoms. The van der Waals surface area contributed by atoms with Crippen molar-refractivity contribution in [2.75, 3.05) is 6.54 Å². The fourth-order valence-corrected chi connectivity index (χ4v) is 2.48. The topological polar surface area (TPSA) is 113 Å². The number of hydrogen-bond acceptors (Lipinski definition) is 5. The number of fused-ring (bicyclic) bond motifs is 1. The summed E-state index contributed by atoms with van der Waals surface area (Å²) in [6.45, 7) is 0.0921. The molecule has 0 atom stereocenters. The highest BCUT2D eigenvalue weighted by Crippen LogP contribution is 2.27. The van der Waals surface area contributed by atoms with Crippen LogP contribution >= 0.6 is 0 Å². The molecule has 0 spiro atoms. The third-order valence-corrected chi connectivity index (χ3v) is 3.47. The summed E-state index contributed by atoms with van der Waals surface area (Å²) < 4.78 is 0. The molecule has 2 heterocycles. The van der Waals surface area contributed by atoms with Crippen molar-refractivity contribution in [2.24, 2.45) is 5.73 Å². The average Bonchev–Trinajstić information content (AvgIpc) is 2.72. The van der Waals surface area contributed by atoms with Crippen LogP contribution in [0.15, 0.2) is 18.2 Å². The molecule has 1 saturated heterocycles. The van der Waals surface area contributed by atoms with Gasteiger partial charge < -0.3 is 5.73 Å². The van der Waals surface area contributed by atoms with Crippen molar-refractivity contribution in [3.63, 3.8) is 0 Å². The number of imide groups is 2. The van der Waals surface area contributed by atoms with Gasteiger partial charge in [0, 0.05) is 13.0 Å². The Morgan fingerprint density at radius 3 is 2.57 bits per heavy atom. The van der Waals surface area contributed by atoms with Crippen LogP contribution in [0.1, 0.15) is 32.7 Å². The predicted molar refractivity (Wildman–Crippen MR) is 69.7 cm³/mol. The number of urea groups is 1. The number of rotatable bonds is 2. The molecule has 0 aromatic heterocycles. The Labute approximate surface area is 119 Å². The predicted octanol–water partition coefficient (Wildman–Crippen LogP) is -0.402. The third kappa shape index (κ3) is 1.88. The Kier molecular flexibility index (Phi) is 2.95. The van der Waals surface area contributed by atoms with E-state index in [4.69, 9.17) is 5.73 Å². The van der Waals surface area contributed by atoms with Crippen LogP contribution in [0.2, 0.25) is 0 Å². The summed E-state index contributed by atoms with van der Waals surface area (Å²) in [4.78, 5) is 47.8. The van der Waals surface area contributed by atoms with Crippen molar-refractivity contribution < 1.29 is 19.2 Å². The van der Waals surface area contributed by atoms with Crippen LogP contribution in [0.5, 0.6) is 0 Å². The summed E-state index contributed by atoms with van der Waals surface area (Å²) in [5.41, 5.74) is 6.56. The van der Waals surface area contributed by atoms with E-state index in [0.29, 0.717) is 5.56 Å². The minimum Gasteiger partial charge on any atom is -0.326 e. The molecule has 1 aromatic carbocycles. The van der Waals surface area contributed by atoms with Crippen LogP contribution < -0.4 is 11.1 Å². The number of amides is 5. The summed E-state index contributed by atoms with van der Waals surface area (Å²) in [7, 11) is 0. The minimum absolute atomic E-state index is 0.0197. The molecule has 0 bridgehead atoms. The second kappa shape index (κ2) is 4.67. The number of nitrogens with two attached hydrogens (primary N) is 1. The number of benzene rings is 1. The molecular weight excluding hydrogens is 276 g/mol. The van der Waals surface area contributed by atoms with E-state index < -0.39 is 23.8 Å². The molecule has 21 heavy (non-hydrogen) atoms. The second-order valence-electron chi connectivity index (χ2n) is 4.69. The lowest BCUT2D eigenvalue weighted by atomic mass is 10.0. The van der Waals surface area contributed by atoms with E-state index in [1.165, 1.54) is 6.07 Å². The largest absolute Gasteiger partial charge is 0.343 e. The van der Waals surface area contributed by atoms with Gasteiger partial charge >= 0.3 is 6.03 Å². The van der Waals surface area contributed by atoms with E-state index in [2.05, 4.69) is 5.32 Å². The molecule has 1 fully saturated rings. The molecule has 3 N–H and O–H groups in total. The molecule has 5 amide bonds. The summed E-state index contributed by atoms with van der Waals surface area (Å²) in [5.74, 6) is -1.62. The number of hydrazine groups is 1. The maximum Gasteiger partial charge on any atom is 0.343 e. The Hall–Kier alpha value is -2.74. The van der Waals surface area contributed by atoms with Gasteiger partial charge in [-0.2, -0.15) is 5.01 Å². The SMILES string of the molecule is NCc1cccc2c1C(=O)N(N1CCC(=O)NC1=O)C2=O. The van der Waals surface area contributed by atoms with Crippen molar-refractivity contribution in [3.05, 3.63) is 34.9 Å². The first kappa shape index (κ1) is 13.3. The molecule has 0 aliphatic carbocycles. The molecule has 0 saturated carbocycles. The van der Waals surface area contributed by atoms with E-state index >= 15 is 0 Å². The maximum absolute atomic E-state index is 12.5. The minimum atomic E-state index is -0.782. The van der Waals surface area contributed by atoms with Gasteiger partial charge in [0.25, 0.3) is 11.8 Å². The van der Waals surface area contributed by atoms with Crippen molar-refractivity contribution in [1.29, 1.82) is 0 Å². The first-order valence-corrected chi connectivity index (χ1v) is 6.36. The summed E-state index contributed by atoms with van der Waals surface area (Å²) in [5, 5.41) is 3.80. The van der Waals surface area contributed by atoms with E-state index in [-0.39, 0.29) is 30.6 Å². The Morgan fingerprint density at radius 2 is 1.90 bits per heavy atom. The molecule has 2 aliphatic heterocycles. The van der Waals surface area contributed by atoms with Crippen molar-refractivity contribution in [2.45, 2.75) is 13.0 Å². The molecule has 3 rings (SSSR count). The first-order valence-electron chi connectivity index (χ1n) is 6.36. The lowest BCUT2D eigenvalue weighted by Crippen LogP contribution is -2.58. The number of carbonyl (C=O) groups is 4. The standard InChI is InChI=1S/C13H12N4O4/c14-6-7-2-1-3-8-10(7)12(20)17(11(8)19)16-5-4-9(18)15-13(16)21/h1-3H,4-6,14H2,(H,15,18,21). The van der Waals surface area contributed by atoms with Crippen molar-refractivity contribution in [1.82, 2.24) is 15.3 Å². The van der Waals surface area contributed by atoms with Gasteiger partial charge in [-0.15, -0.1) is 0 Å². The quantitative estimate of drug-likeness (QED) is 0.719. The fourth-order valence-electron chi connectivity index (χ4n) is 2.48. The monoisotopic (exact) mass is 288 g/mol. The van der Waals surface area contributed by atoms with Crippen LogP contribution in [-0.4, -0.2) is 40.3 Å². The maximum atomic E-state index is 12.5. The lowest BCUT2D eigenvalue weighted by molar-refractivity contribution is -0.122. The number of nitrogens with one attached hydrogen (secondary N) is 1. The molecule has 0 unspecified atom stereocenters. The third-order valence-electron chi connectivity index (χ3n) is 3.47. The molecule has 1 aromatic rings. The molecule has 2 aliphatic rings. The zero-order valence-corrected chi connectivity index (χ0v) is 11.0. The summed E-state index contributed by atoms with van der Waals surface area (Å²) in [6.07, 6.45) is 0.0306. The van der Waals surface area contributed by atoms with Gasteiger partial charge in [-0.25, -0.2) is 9.80 Å². The zero-order valence-electron chi connectivity index (χ0n) is 11.0. The van der Waals surface area contributed by atoms with E-state index in [1.54, 1.807) is 12.1 Å². The highest BCUT2D eigenvalue weighted by molar-refractivity contribution is 6.22. The Balaban J connectivity index is 2.00. The Morgan fingerprint density at radius 1 is 1.14 bits per heavy atom. The van der Waals surface area contributed by atoms with Gasteiger partial charge in [0.2, 0.25) is 5.91 Å². The van der Waals surface area contributed by atoms with Crippen LogP contribution in [0.4, 0.5) is 4.79 Å². The molecular formula is C13H12N4O4. The number of hydrogen-bond donors (Lipinski definition) is 2. The van der Waals surface area contributed by atoms with Gasteiger partial charge in [0.1, 0.15) is 0 Å². The van der Waals surface area contributed by atoms with E-state index in [0.717, 1.165) is 10.0 Å². The van der Waals surface area contributed by atoms with Gasteiger partial charge in [-0.05, 0) is 11.6 Å². The van der Waals surface area contributed by atoms with Crippen LogP contribution in [0.3, 0.4) is 0 Å². The number of carbonyl (C=O) groups excluding carboxylic acids is 4. The van der Waals surface area contributed by atoms with E-state index in [1.807, 2.05) is 0 Å². The average molecular weight is 288 g/mol. The highest BCUT2D eigenvalue weighted by atomic mass is 16.2. The van der Waals surface area contributed by atoms with Gasteiger partial charge in [0.05, 0.1) is 17.7 Å². The normalized spacial score (nSPS) is 18.1. The second-order valence-corrected chi connectivity index (χ2v) is 4.69. The lowest BCUT2D eigenvalue weighted by Gasteiger charge is -2.32. The van der Waals surface area contributed by atoms with Gasteiger partial charge in [-0.3, -0.25) is 19.7 Å². The van der Waals surface area contributed by atoms with Crippen molar-refractivity contribution in [3.8, 4) is 0 Å². The molecule has 108 valence electrons. The Bertz CT molecular complexity index is 685. The van der Waals surface area contributed by atoms with Gasteiger partial charge in [-0.1, -0.05) is 12.1 Å². The molecule has 8 nitrogen and oxygen atoms in total. The fraction of sp³-hybridized carbons (Fsp3) is 0.231. The van der Waals surface area contributed by atoms with Crippen molar-refractivity contribution >= 4 is 23.8 Å².